The van der Waals surface area contributed by atoms with Crippen molar-refractivity contribution in [2.24, 2.45) is 17.4 Å². The van der Waals surface area contributed by atoms with Crippen molar-refractivity contribution in [1.29, 1.82) is 0 Å². The zero-order chi connectivity index (χ0) is 14.0. The van der Waals surface area contributed by atoms with Crippen LogP contribution < -0.4 is 16.4 Å². The summed E-state index contributed by atoms with van der Waals surface area (Å²) in [6.45, 7) is 0.689. The molecule has 0 radical (unpaired) electrons. The van der Waals surface area contributed by atoms with E-state index in [9.17, 15) is 4.79 Å². The lowest BCUT2D eigenvalue weighted by Crippen LogP contribution is -2.38. The van der Waals surface area contributed by atoms with E-state index in [1.54, 1.807) is 6.07 Å². The monoisotopic (exact) mass is 325 g/mol. The summed E-state index contributed by atoms with van der Waals surface area (Å²) in [6.07, 6.45) is 3.46. The first-order valence-corrected chi connectivity index (χ1v) is 7.36. The molecule has 4 N–H and O–H groups in total. The molecular formula is C14H20BrN3O. The number of hydrogen-bond acceptors (Lipinski definition) is 3. The fourth-order valence-electron chi connectivity index (χ4n) is 2.99. The second kappa shape index (κ2) is 5.92. The molecule has 104 valence electrons. The maximum Gasteiger partial charge on any atom is 0.250 e. The molecule has 1 aromatic carbocycles. The molecule has 1 amide bonds. The summed E-state index contributed by atoms with van der Waals surface area (Å²) < 4.78 is 0.946. The fourth-order valence-corrected chi connectivity index (χ4v) is 3.33. The minimum Gasteiger partial charge on any atom is -0.371 e. The highest BCUT2D eigenvalue weighted by Gasteiger charge is 2.30. The number of nitrogens with two attached hydrogens (primary N) is 2. The zero-order valence-electron chi connectivity index (χ0n) is 11.1. The molecule has 2 atom stereocenters. The predicted molar refractivity (Wildman–Crippen MR) is 81.2 cm³/mol. The van der Waals surface area contributed by atoms with E-state index in [1.165, 1.54) is 6.42 Å². The first kappa shape index (κ1) is 14.3. The number of carbonyl (C=O) groups is 1. The molecular weight excluding hydrogens is 306 g/mol. The summed E-state index contributed by atoms with van der Waals surface area (Å²) in [5, 5.41) is 0. The molecule has 1 aromatic rings. The van der Waals surface area contributed by atoms with Crippen molar-refractivity contribution in [2.75, 3.05) is 18.5 Å². The topological polar surface area (TPSA) is 72.3 Å². The van der Waals surface area contributed by atoms with Gasteiger partial charge in [0.05, 0.1) is 11.3 Å². The van der Waals surface area contributed by atoms with Crippen LogP contribution in [0, 0.1) is 5.92 Å². The van der Waals surface area contributed by atoms with E-state index in [0.29, 0.717) is 24.1 Å². The number of benzene rings is 1. The van der Waals surface area contributed by atoms with E-state index in [-0.39, 0.29) is 0 Å². The van der Waals surface area contributed by atoms with Crippen LogP contribution in [0.15, 0.2) is 22.7 Å². The van der Waals surface area contributed by atoms with Gasteiger partial charge in [-0.1, -0.05) is 22.4 Å². The van der Waals surface area contributed by atoms with Crippen molar-refractivity contribution in [3.63, 3.8) is 0 Å². The first-order valence-electron chi connectivity index (χ1n) is 6.57. The Kier molecular flexibility index (Phi) is 4.47. The highest BCUT2D eigenvalue weighted by atomic mass is 79.9. The van der Waals surface area contributed by atoms with Gasteiger partial charge in [-0.15, -0.1) is 0 Å². The van der Waals surface area contributed by atoms with Gasteiger partial charge in [-0.05, 0) is 43.5 Å². The number of primary amides is 1. The minimum absolute atomic E-state index is 0.386. The van der Waals surface area contributed by atoms with Gasteiger partial charge in [-0.3, -0.25) is 4.79 Å². The van der Waals surface area contributed by atoms with E-state index in [2.05, 4.69) is 20.8 Å². The number of hydrogen-bond donors (Lipinski definition) is 2. The third-order valence-corrected chi connectivity index (χ3v) is 4.52. The summed E-state index contributed by atoms with van der Waals surface area (Å²) in [4.78, 5) is 13.7. The zero-order valence-corrected chi connectivity index (χ0v) is 12.7. The Bertz CT molecular complexity index is 478. The van der Waals surface area contributed by atoms with Gasteiger partial charge in [-0.2, -0.15) is 0 Å². The molecule has 2 rings (SSSR count). The number of carbonyl (C=O) groups excluding carboxylic acids is 1. The molecule has 1 aliphatic carbocycles. The smallest absolute Gasteiger partial charge is 0.250 e. The van der Waals surface area contributed by atoms with Crippen LogP contribution in [0.25, 0.3) is 0 Å². The molecule has 0 spiro atoms. The molecule has 5 heteroatoms. The second-order valence-corrected chi connectivity index (χ2v) is 6.05. The van der Waals surface area contributed by atoms with Gasteiger partial charge in [-0.25, -0.2) is 0 Å². The van der Waals surface area contributed by atoms with Crippen molar-refractivity contribution in [3.8, 4) is 0 Å². The van der Waals surface area contributed by atoms with Crippen LogP contribution in [0.4, 0.5) is 5.69 Å². The van der Waals surface area contributed by atoms with Crippen LogP contribution in [0.3, 0.4) is 0 Å². The molecule has 1 saturated carbocycles. The average Bonchev–Trinajstić information content (AvgIpc) is 2.85. The Hall–Kier alpha value is -1.07. The highest BCUT2D eigenvalue weighted by Crippen LogP contribution is 2.34. The third kappa shape index (κ3) is 2.92. The van der Waals surface area contributed by atoms with Gasteiger partial charge in [0, 0.05) is 17.6 Å². The van der Waals surface area contributed by atoms with Crippen molar-refractivity contribution >= 4 is 27.5 Å². The summed E-state index contributed by atoms with van der Waals surface area (Å²) in [6, 6.07) is 5.95. The molecule has 4 nitrogen and oxygen atoms in total. The predicted octanol–water partition coefficient (Wildman–Crippen LogP) is 2.11. The van der Waals surface area contributed by atoms with E-state index in [1.807, 2.05) is 19.2 Å². The van der Waals surface area contributed by atoms with Crippen molar-refractivity contribution < 1.29 is 4.79 Å². The Morgan fingerprint density at radius 1 is 1.47 bits per heavy atom. The molecule has 19 heavy (non-hydrogen) atoms. The number of nitrogens with zero attached hydrogens (tertiary/aromatic N) is 1. The fraction of sp³-hybridized carbons (Fsp3) is 0.500. The summed E-state index contributed by atoms with van der Waals surface area (Å²) in [5.41, 5.74) is 12.7. The maximum atomic E-state index is 11.6. The average molecular weight is 326 g/mol. The third-order valence-electron chi connectivity index (χ3n) is 4.02. The Morgan fingerprint density at radius 2 is 2.21 bits per heavy atom. The molecule has 0 aromatic heterocycles. The van der Waals surface area contributed by atoms with Crippen molar-refractivity contribution in [3.05, 3.63) is 28.2 Å². The van der Waals surface area contributed by atoms with E-state index >= 15 is 0 Å². The highest BCUT2D eigenvalue weighted by molar-refractivity contribution is 9.10. The van der Waals surface area contributed by atoms with Crippen LogP contribution in [-0.2, 0) is 0 Å². The number of anilines is 1. The van der Waals surface area contributed by atoms with Gasteiger partial charge >= 0.3 is 0 Å². The first-order chi connectivity index (χ1) is 9.04. The van der Waals surface area contributed by atoms with Gasteiger partial charge in [0.15, 0.2) is 0 Å². The van der Waals surface area contributed by atoms with Gasteiger partial charge in [0.25, 0.3) is 5.91 Å². The molecule has 1 aliphatic rings. The van der Waals surface area contributed by atoms with Gasteiger partial charge in [0.1, 0.15) is 0 Å². The van der Waals surface area contributed by atoms with Crippen LogP contribution in [-0.4, -0.2) is 25.5 Å². The lowest BCUT2D eigenvalue weighted by atomic mass is 10.0. The standard InChI is InChI=1S/C14H20BrN3O/c1-18(12-4-2-3-9(12)8-16)13-7-10(15)5-6-11(13)14(17)19/h5-7,9,12H,2-4,8,16H2,1H3,(H2,17,19). The van der Waals surface area contributed by atoms with Crippen molar-refractivity contribution in [2.45, 2.75) is 25.3 Å². The lowest BCUT2D eigenvalue weighted by Gasteiger charge is -2.32. The maximum absolute atomic E-state index is 11.6. The lowest BCUT2D eigenvalue weighted by molar-refractivity contribution is 0.100. The summed E-state index contributed by atoms with van der Waals surface area (Å²) in [7, 11) is 2.02. The number of halogens is 1. The SMILES string of the molecule is CN(c1cc(Br)ccc1C(N)=O)C1CCCC1CN. The summed E-state index contributed by atoms with van der Waals surface area (Å²) >= 11 is 3.45. The number of amides is 1. The molecule has 0 bridgehead atoms. The van der Waals surface area contributed by atoms with Crippen LogP contribution in [0.1, 0.15) is 29.6 Å². The minimum atomic E-state index is -0.392. The Morgan fingerprint density at radius 3 is 2.84 bits per heavy atom. The summed E-state index contributed by atoms with van der Waals surface area (Å²) in [5.74, 6) is 0.0985. The molecule has 0 saturated heterocycles. The Labute approximate surface area is 122 Å². The Balaban J connectivity index is 2.34. The normalized spacial score (nSPS) is 22.5. The number of rotatable bonds is 4. The van der Waals surface area contributed by atoms with Gasteiger partial charge < -0.3 is 16.4 Å². The van der Waals surface area contributed by atoms with Crippen LogP contribution in [0.5, 0.6) is 0 Å². The van der Waals surface area contributed by atoms with Crippen LogP contribution in [0.2, 0.25) is 0 Å². The largest absolute Gasteiger partial charge is 0.371 e. The van der Waals surface area contributed by atoms with E-state index in [0.717, 1.165) is 23.0 Å². The van der Waals surface area contributed by atoms with Crippen LogP contribution >= 0.6 is 15.9 Å². The molecule has 2 unspecified atom stereocenters. The van der Waals surface area contributed by atoms with E-state index in [4.69, 9.17) is 11.5 Å². The van der Waals surface area contributed by atoms with Crippen molar-refractivity contribution in [1.82, 2.24) is 0 Å². The molecule has 0 heterocycles. The van der Waals surface area contributed by atoms with E-state index < -0.39 is 5.91 Å². The molecule has 1 fully saturated rings. The second-order valence-electron chi connectivity index (χ2n) is 5.13. The molecule has 0 aliphatic heterocycles. The van der Waals surface area contributed by atoms with Gasteiger partial charge in [0.2, 0.25) is 0 Å². The quantitative estimate of drug-likeness (QED) is 0.890.